The summed E-state index contributed by atoms with van der Waals surface area (Å²) in [6, 6.07) is 9.10. The Balaban J connectivity index is 1.44. The fourth-order valence-electron chi connectivity index (χ4n) is 4.16. The van der Waals surface area contributed by atoms with E-state index >= 15 is 0 Å². The highest BCUT2D eigenvalue weighted by Gasteiger charge is 2.41. The Labute approximate surface area is 133 Å². The number of hydrogen-bond acceptors (Lipinski definition) is 1. The highest BCUT2D eigenvalue weighted by molar-refractivity contribution is 7.80. The molecule has 0 aromatic heterocycles. The number of aryl methyl sites for hydroxylation is 1. The van der Waals surface area contributed by atoms with Crippen molar-refractivity contribution in [1.82, 2.24) is 10.6 Å². The summed E-state index contributed by atoms with van der Waals surface area (Å²) in [6.45, 7) is 5.21. The number of fused-ring (bicyclic) bond motifs is 2. The first-order chi connectivity index (χ1) is 10.1. The minimum Gasteiger partial charge on any atom is -0.360 e. The molecule has 2 nitrogen and oxygen atoms in total. The van der Waals surface area contributed by atoms with Gasteiger partial charge in [0.05, 0.1) is 0 Å². The van der Waals surface area contributed by atoms with E-state index in [1.807, 2.05) is 0 Å². The van der Waals surface area contributed by atoms with E-state index < -0.39 is 0 Å². The lowest BCUT2D eigenvalue weighted by molar-refractivity contribution is 0.278. The van der Waals surface area contributed by atoms with Crippen molar-refractivity contribution in [3.05, 3.63) is 35.4 Å². The summed E-state index contributed by atoms with van der Waals surface area (Å²) in [5.74, 6) is 2.76. The van der Waals surface area contributed by atoms with Gasteiger partial charge in [0.1, 0.15) is 0 Å². The van der Waals surface area contributed by atoms with Crippen LogP contribution >= 0.6 is 12.2 Å². The standard InChI is InChI=1S/C18H26N2S/c1-12-3-5-14(6-4-12)11-19-18(21)20-13(2)17-10-15-7-8-16(17)9-15/h3-6,13,15-17H,7-11H2,1-2H3,(H2,19,20,21). The SMILES string of the molecule is Cc1ccc(CNC(=S)NC(C)C2CC3CCC2C3)cc1. The maximum absolute atomic E-state index is 5.45. The molecule has 2 aliphatic rings. The fraction of sp³-hybridized carbons (Fsp3) is 0.611. The molecular weight excluding hydrogens is 276 g/mol. The molecule has 2 saturated carbocycles. The molecule has 21 heavy (non-hydrogen) atoms. The van der Waals surface area contributed by atoms with Gasteiger partial charge in [-0.05, 0) is 68.6 Å². The Morgan fingerprint density at radius 1 is 1.24 bits per heavy atom. The van der Waals surface area contributed by atoms with Crippen LogP contribution in [0, 0.1) is 24.7 Å². The number of nitrogens with one attached hydrogen (secondary N) is 2. The lowest BCUT2D eigenvalue weighted by atomic mass is 9.84. The van der Waals surface area contributed by atoms with Gasteiger partial charge < -0.3 is 10.6 Å². The van der Waals surface area contributed by atoms with Crippen molar-refractivity contribution in [1.29, 1.82) is 0 Å². The summed E-state index contributed by atoms with van der Waals surface area (Å²) in [7, 11) is 0. The van der Waals surface area contributed by atoms with Crippen LogP contribution in [-0.2, 0) is 6.54 Å². The first-order valence-corrected chi connectivity index (χ1v) is 8.62. The zero-order chi connectivity index (χ0) is 14.8. The van der Waals surface area contributed by atoms with E-state index in [9.17, 15) is 0 Å². The van der Waals surface area contributed by atoms with E-state index in [4.69, 9.17) is 12.2 Å². The fourth-order valence-corrected chi connectivity index (χ4v) is 4.42. The molecule has 3 rings (SSSR count). The lowest BCUT2D eigenvalue weighted by Crippen LogP contribution is -2.44. The largest absolute Gasteiger partial charge is 0.360 e. The highest BCUT2D eigenvalue weighted by atomic mass is 32.1. The Kier molecular flexibility index (Phi) is 4.48. The van der Waals surface area contributed by atoms with Gasteiger partial charge in [-0.2, -0.15) is 0 Å². The van der Waals surface area contributed by atoms with Crippen LogP contribution in [0.3, 0.4) is 0 Å². The van der Waals surface area contributed by atoms with Crippen molar-refractivity contribution in [3.8, 4) is 0 Å². The molecule has 0 aliphatic heterocycles. The van der Waals surface area contributed by atoms with Gasteiger partial charge in [0.25, 0.3) is 0 Å². The van der Waals surface area contributed by atoms with Crippen LogP contribution in [0.4, 0.5) is 0 Å². The van der Waals surface area contributed by atoms with Gasteiger partial charge in [-0.3, -0.25) is 0 Å². The van der Waals surface area contributed by atoms with Gasteiger partial charge >= 0.3 is 0 Å². The smallest absolute Gasteiger partial charge is 0.166 e. The lowest BCUT2D eigenvalue weighted by Gasteiger charge is -2.29. The topological polar surface area (TPSA) is 24.1 Å². The second-order valence-corrected chi connectivity index (χ2v) is 7.35. The molecule has 0 heterocycles. The molecule has 0 radical (unpaired) electrons. The highest BCUT2D eigenvalue weighted by Crippen LogP contribution is 2.49. The van der Waals surface area contributed by atoms with Gasteiger partial charge in [-0.25, -0.2) is 0 Å². The molecule has 2 bridgehead atoms. The third-order valence-corrected chi connectivity index (χ3v) is 5.63. The van der Waals surface area contributed by atoms with Crippen molar-refractivity contribution in [2.45, 2.75) is 52.1 Å². The average molecular weight is 302 g/mol. The van der Waals surface area contributed by atoms with Crippen LogP contribution < -0.4 is 10.6 Å². The minimum absolute atomic E-state index is 0.498. The van der Waals surface area contributed by atoms with Crippen molar-refractivity contribution < 1.29 is 0 Å². The molecule has 2 aliphatic carbocycles. The van der Waals surface area contributed by atoms with Crippen LogP contribution in [-0.4, -0.2) is 11.2 Å². The number of benzene rings is 1. The van der Waals surface area contributed by atoms with Crippen LogP contribution in [0.2, 0.25) is 0 Å². The predicted octanol–water partition coefficient (Wildman–Crippen LogP) is 3.78. The Morgan fingerprint density at radius 3 is 2.62 bits per heavy atom. The molecule has 114 valence electrons. The summed E-state index contributed by atoms with van der Waals surface area (Å²) in [5.41, 5.74) is 2.57. The Bertz CT molecular complexity index is 496. The second kappa shape index (κ2) is 6.35. The Hall–Kier alpha value is -1.09. The molecule has 3 heteroatoms. The molecule has 0 saturated heterocycles. The summed E-state index contributed by atoms with van der Waals surface area (Å²) in [5, 5.41) is 7.64. The normalized spacial score (nSPS) is 28.4. The summed E-state index contributed by atoms with van der Waals surface area (Å²) < 4.78 is 0. The number of rotatable bonds is 4. The monoisotopic (exact) mass is 302 g/mol. The third-order valence-electron chi connectivity index (χ3n) is 5.37. The summed E-state index contributed by atoms with van der Waals surface area (Å²) >= 11 is 5.45. The molecule has 1 aromatic rings. The Morgan fingerprint density at radius 2 is 2.00 bits per heavy atom. The van der Waals surface area contributed by atoms with E-state index in [1.54, 1.807) is 0 Å². The van der Waals surface area contributed by atoms with Crippen LogP contribution in [0.5, 0.6) is 0 Å². The summed E-state index contributed by atoms with van der Waals surface area (Å²) in [4.78, 5) is 0. The van der Waals surface area contributed by atoms with E-state index in [1.165, 1.54) is 36.8 Å². The maximum atomic E-state index is 5.45. The maximum Gasteiger partial charge on any atom is 0.166 e. The van der Waals surface area contributed by atoms with Crippen molar-refractivity contribution in [3.63, 3.8) is 0 Å². The molecular formula is C18H26N2S. The van der Waals surface area contributed by atoms with E-state index in [2.05, 4.69) is 48.7 Å². The molecule has 4 atom stereocenters. The van der Waals surface area contributed by atoms with Gasteiger partial charge in [0.15, 0.2) is 5.11 Å². The molecule has 0 spiro atoms. The van der Waals surface area contributed by atoms with Gasteiger partial charge in [0.2, 0.25) is 0 Å². The third kappa shape index (κ3) is 3.57. The van der Waals surface area contributed by atoms with E-state index in [0.717, 1.165) is 29.4 Å². The molecule has 2 fully saturated rings. The van der Waals surface area contributed by atoms with Crippen molar-refractivity contribution in [2.75, 3.05) is 0 Å². The van der Waals surface area contributed by atoms with Crippen molar-refractivity contribution in [2.24, 2.45) is 17.8 Å². The zero-order valence-corrected chi connectivity index (χ0v) is 13.9. The van der Waals surface area contributed by atoms with Crippen molar-refractivity contribution >= 4 is 17.3 Å². The predicted molar refractivity (Wildman–Crippen MR) is 92.2 cm³/mol. The average Bonchev–Trinajstić information content (AvgIpc) is 3.09. The van der Waals surface area contributed by atoms with Crippen LogP contribution in [0.1, 0.15) is 43.7 Å². The second-order valence-electron chi connectivity index (χ2n) is 6.94. The van der Waals surface area contributed by atoms with Gasteiger partial charge in [-0.15, -0.1) is 0 Å². The van der Waals surface area contributed by atoms with E-state index in [-0.39, 0.29) is 0 Å². The number of hydrogen-bond donors (Lipinski definition) is 2. The van der Waals surface area contributed by atoms with Gasteiger partial charge in [0, 0.05) is 12.6 Å². The molecule has 1 aromatic carbocycles. The molecule has 4 unspecified atom stereocenters. The first kappa shape index (κ1) is 14.8. The number of thiocarbonyl (C=S) groups is 1. The van der Waals surface area contributed by atoms with Gasteiger partial charge in [-0.1, -0.05) is 36.2 Å². The molecule has 0 amide bonds. The zero-order valence-electron chi connectivity index (χ0n) is 13.1. The van der Waals surface area contributed by atoms with Crippen LogP contribution in [0.25, 0.3) is 0 Å². The minimum atomic E-state index is 0.498. The molecule has 2 N–H and O–H groups in total. The first-order valence-electron chi connectivity index (χ1n) is 8.21. The quantitative estimate of drug-likeness (QED) is 0.828. The summed E-state index contributed by atoms with van der Waals surface area (Å²) in [6.07, 6.45) is 5.76. The van der Waals surface area contributed by atoms with E-state index in [0.29, 0.717) is 6.04 Å². The van der Waals surface area contributed by atoms with Crippen LogP contribution in [0.15, 0.2) is 24.3 Å².